The third kappa shape index (κ3) is 4.82. The fourth-order valence-corrected chi connectivity index (χ4v) is 3.16. The highest BCUT2D eigenvalue weighted by molar-refractivity contribution is 5.97. The number of nitrogens with one attached hydrogen (secondary N) is 2. The number of benzene rings is 1. The maximum absolute atomic E-state index is 12.7. The molecule has 1 aromatic carbocycles. The lowest BCUT2D eigenvalue weighted by atomic mass is 9.74. The van der Waals surface area contributed by atoms with Gasteiger partial charge in [-0.3, -0.25) is 9.59 Å². The number of nitrogens with two attached hydrogens (primary N) is 1. The Hall–Kier alpha value is -1.88. The first-order valence-electron chi connectivity index (χ1n) is 9.02. The molecule has 5 heteroatoms. The molecule has 0 radical (unpaired) electrons. The molecular weight excluding hydrogens is 314 g/mol. The highest BCUT2D eigenvalue weighted by Crippen LogP contribution is 2.33. The van der Waals surface area contributed by atoms with Crippen molar-refractivity contribution in [1.29, 1.82) is 0 Å². The van der Waals surface area contributed by atoms with Gasteiger partial charge in [-0.05, 0) is 44.4 Å². The molecule has 0 bridgehead atoms. The van der Waals surface area contributed by atoms with Gasteiger partial charge in [0.25, 0.3) is 0 Å². The van der Waals surface area contributed by atoms with E-state index in [1.165, 1.54) is 0 Å². The second-order valence-electron chi connectivity index (χ2n) is 8.53. The van der Waals surface area contributed by atoms with Crippen LogP contribution in [0, 0.1) is 18.3 Å². The summed E-state index contributed by atoms with van der Waals surface area (Å²) in [6.07, 6.45) is 3.79. The number of carbonyl (C=O) groups is 2. The van der Waals surface area contributed by atoms with E-state index >= 15 is 0 Å². The molecule has 0 spiro atoms. The fraction of sp³-hybridized carbons (Fsp3) is 0.600. The Morgan fingerprint density at radius 2 is 1.88 bits per heavy atom. The number of hydrogen-bond acceptors (Lipinski definition) is 3. The number of hydrogen-bond donors (Lipinski definition) is 3. The molecule has 25 heavy (non-hydrogen) atoms. The van der Waals surface area contributed by atoms with Gasteiger partial charge in [-0.1, -0.05) is 39.7 Å². The normalized spacial score (nSPS) is 23.8. The molecule has 1 aliphatic carbocycles. The minimum Gasteiger partial charge on any atom is -0.326 e. The van der Waals surface area contributed by atoms with Crippen LogP contribution in [0.15, 0.2) is 18.2 Å². The van der Waals surface area contributed by atoms with Crippen LogP contribution in [-0.2, 0) is 9.59 Å². The summed E-state index contributed by atoms with van der Waals surface area (Å²) in [6, 6.07) is 5.57. The molecule has 0 heterocycles. The van der Waals surface area contributed by atoms with Crippen LogP contribution in [0.1, 0.15) is 58.9 Å². The van der Waals surface area contributed by atoms with Crippen LogP contribution in [0.2, 0.25) is 0 Å². The van der Waals surface area contributed by atoms with E-state index in [1.54, 1.807) is 0 Å². The van der Waals surface area contributed by atoms with Crippen LogP contribution < -0.4 is 16.4 Å². The molecule has 138 valence electrons. The van der Waals surface area contributed by atoms with Gasteiger partial charge in [0.15, 0.2) is 0 Å². The molecule has 2 amide bonds. The number of rotatable bonds is 3. The average molecular weight is 345 g/mol. The van der Waals surface area contributed by atoms with Gasteiger partial charge in [0.2, 0.25) is 11.8 Å². The summed E-state index contributed by atoms with van der Waals surface area (Å²) in [5.41, 5.74) is 7.74. The Kier molecular flexibility index (Phi) is 5.57. The van der Waals surface area contributed by atoms with E-state index in [1.807, 2.05) is 52.8 Å². The van der Waals surface area contributed by atoms with Crippen molar-refractivity contribution in [1.82, 2.24) is 0 Å². The third-order valence-electron chi connectivity index (χ3n) is 5.01. The molecule has 2 rings (SSSR count). The highest BCUT2D eigenvalue weighted by atomic mass is 16.2. The van der Waals surface area contributed by atoms with Crippen molar-refractivity contribution in [2.45, 2.75) is 65.8 Å². The molecule has 1 fully saturated rings. The zero-order valence-corrected chi connectivity index (χ0v) is 16.0. The number of anilines is 2. The van der Waals surface area contributed by atoms with Gasteiger partial charge < -0.3 is 16.4 Å². The van der Waals surface area contributed by atoms with Crippen molar-refractivity contribution < 1.29 is 9.59 Å². The number of amides is 2. The summed E-state index contributed by atoms with van der Waals surface area (Å²) in [6.45, 7) is 9.50. The molecule has 4 N–H and O–H groups in total. The van der Waals surface area contributed by atoms with Crippen LogP contribution >= 0.6 is 0 Å². The summed E-state index contributed by atoms with van der Waals surface area (Å²) in [5.74, 6) is -0.280. The maximum Gasteiger partial charge on any atom is 0.229 e. The summed E-state index contributed by atoms with van der Waals surface area (Å²) in [5, 5.41) is 5.92. The van der Waals surface area contributed by atoms with Gasteiger partial charge in [0.05, 0.1) is 5.92 Å². The lowest BCUT2D eigenvalue weighted by Crippen LogP contribution is -2.51. The predicted molar refractivity (Wildman–Crippen MR) is 102 cm³/mol. The largest absolute Gasteiger partial charge is 0.326 e. The topological polar surface area (TPSA) is 84.2 Å². The molecule has 2 atom stereocenters. The SMILES string of the molecule is Cc1ccc(NC(=O)C2CCCCC2(C)N)cc1NC(=O)C(C)(C)C. The molecule has 1 saturated carbocycles. The van der Waals surface area contributed by atoms with Crippen LogP contribution in [0.5, 0.6) is 0 Å². The van der Waals surface area contributed by atoms with Crippen LogP contribution in [0.25, 0.3) is 0 Å². The second-order valence-corrected chi connectivity index (χ2v) is 8.53. The van der Waals surface area contributed by atoms with Gasteiger partial charge in [0.1, 0.15) is 0 Å². The molecule has 1 aliphatic rings. The summed E-state index contributed by atoms with van der Waals surface area (Å²) in [4.78, 5) is 24.9. The summed E-state index contributed by atoms with van der Waals surface area (Å²) in [7, 11) is 0. The van der Waals surface area contributed by atoms with Gasteiger partial charge in [-0.2, -0.15) is 0 Å². The van der Waals surface area contributed by atoms with Gasteiger partial charge in [0, 0.05) is 22.3 Å². The standard InChI is InChI=1S/C20H31N3O2/c1-13-9-10-14(12-16(13)23-18(25)19(2,3)4)22-17(24)15-8-6-7-11-20(15,5)21/h9-10,12,15H,6-8,11,21H2,1-5H3,(H,22,24)(H,23,25). The minimum atomic E-state index is -0.477. The van der Waals surface area contributed by atoms with Gasteiger partial charge >= 0.3 is 0 Å². The van der Waals surface area contributed by atoms with E-state index in [0.29, 0.717) is 5.69 Å². The minimum absolute atomic E-state index is 0.0401. The molecular formula is C20H31N3O2. The Balaban J connectivity index is 2.14. The Bertz CT molecular complexity index is 659. The molecule has 1 aromatic rings. The molecule has 0 aliphatic heterocycles. The zero-order valence-electron chi connectivity index (χ0n) is 16.0. The van der Waals surface area contributed by atoms with E-state index in [-0.39, 0.29) is 17.7 Å². The van der Waals surface area contributed by atoms with E-state index in [2.05, 4.69) is 10.6 Å². The van der Waals surface area contributed by atoms with Crippen molar-refractivity contribution >= 4 is 23.2 Å². The maximum atomic E-state index is 12.7. The molecule has 0 saturated heterocycles. The lowest BCUT2D eigenvalue weighted by Gasteiger charge is -2.37. The number of carbonyl (C=O) groups excluding carboxylic acids is 2. The first kappa shape index (κ1) is 19.4. The zero-order chi connectivity index (χ0) is 18.8. The van der Waals surface area contributed by atoms with Gasteiger partial charge in [-0.25, -0.2) is 0 Å². The number of aryl methyl sites for hydroxylation is 1. The fourth-order valence-electron chi connectivity index (χ4n) is 3.16. The summed E-state index contributed by atoms with van der Waals surface area (Å²) >= 11 is 0. The van der Waals surface area contributed by atoms with Crippen molar-refractivity contribution in [3.63, 3.8) is 0 Å². The van der Waals surface area contributed by atoms with Crippen molar-refractivity contribution in [2.24, 2.45) is 17.1 Å². The first-order chi connectivity index (χ1) is 11.5. The molecule has 0 aromatic heterocycles. The van der Waals surface area contributed by atoms with Gasteiger partial charge in [-0.15, -0.1) is 0 Å². The Labute approximate surface area is 150 Å². The van der Waals surface area contributed by atoms with Crippen molar-refractivity contribution in [3.8, 4) is 0 Å². The predicted octanol–water partition coefficient (Wildman–Crippen LogP) is 3.83. The van der Waals surface area contributed by atoms with Crippen LogP contribution in [0.4, 0.5) is 11.4 Å². The smallest absolute Gasteiger partial charge is 0.229 e. The third-order valence-corrected chi connectivity index (χ3v) is 5.01. The second kappa shape index (κ2) is 7.16. The highest BCUT2D eigenvalue weighted by Gasteiger charge is 2.37. The lowest BCUT2D eigenvalue weighted by molar-refractivity contribution is -0.123. The Morgan fingerprint density at radius 1 is 1.20 bits per heavy atom. The Morgan fingerprint density at radius 3 is 2.48 bits per heavy atom. The van der Waals surface area contributed by atoms with E-state index in [0.717, 1.165) is 36.9 Å². The monoisotopic (exact) mass is 345 g/mol. The van der Waals surface area contributed by atoms with E-state index in [9.17, 15) is 9.59 Å². The first-order valence-corrected chi connectivity index (χ1v) is 9.02. The van der Waals surface area contributed by atoms with Crippen LogP contribution in [-0.4, -0.2) is 17.4 Å². The summed E-state index contributed by atoms with van der Waals surface area (Å²) < 4.78 is 0. The average Bonchev–Trinajstić information content (AvgIpc) is 2.49. The molecule has 5 nitrogen and oxygen atoms in total. The quantitative estimate of drug-likeness (QED) is 0.778. The van der Waals surface area contributed by atoms with Crippen LogP contribution in [0.3, 0.4) is 0 Å². The van der Waals surface area contributed by atoms with E-state index in [4.69, 9.17) is 5.73 Å². The van der Waals surface area contributed by atoms with Crippen molar-refractivity contribution in [3.05, 3.63) is 23.8 Å². The van der Waals surface area contributed by atoms with E-state index < -0.39 is 11.0 Å². The van der Waals surface area contributed by atoms with Crippen molar-refractivity contribution in [2.75, 3.05) is 10.6 Å². The molecule has 2 unspecified atom stereocenters.